The lowest BCUT2D eigenvalue weighted by molar-refractivity contribution is -0.149. The van der Waals surface area contributed by atoms with E-state index in [0.717, 1.165) is 0 Å². The summed E-state index contributed by atoms with van der Waals surface area (Å²) >= 11 is 0. The van der Waals surface area contributed by atoms with Gasteiger partial charge in [0, 0.05) is 26.1 Å². The molecule has 0 radical (unpaired) electrons. The van der Waals surface area contributed by atoms with E-state index in [0.29, 0.717) is 6.04 Å². The van der Waals surface area contributed by atoms with Crippen LogP contribution in [0, 0.1) is 5.92 Å². The van der Waals surface area contributed by atoms with Crippen LogP contribution in [0.25, 0.3) is 0 Å². The third-order valence-corrected chi connectivity index (χ3v) is 2.03. The van der Waals surface area contributed by atoms with Gasteiger partial charge in [0.1, 0.15) is 0 Å². The minimum absolute atomic E-state index is 0.0659. The molecule has 72 valence electrons. The van der Waals surface area contributed by atoms with Crippen LogP contribution in [-0.4, -0.2) is 36.1 Å². The highest BCUT2D eigenvalue weighted by Crippen LogP contribution is 2.04. The summed E-state index contributed by atoms with van der Waals surface area (Å²) in [5.41, 5.74) is 0. The van der Waals surface area contributed by atoms with Gasteiger partial charge in [0.25, 0.3) is 0 Å². The fraction of sp³-hybridized carbons (Fsp3) is 0.889. The van der Waals surface area contributed by atoms with Gasteiger partial charge in [-0.25, -0.2) is 5.01 Å². The molecule has 0 saturated heterocycles. The summed E-state index contributed by atoms with van der Waals surface area (Å²) in [5.74, 6) is 0.224. The second-order valence-corrected chi connectivity index (χ2v) is 3.68. The van der Waals surface area contributed by atoms with E-state index in [1.165, 1.54) is 0 Å². The predicted molar refractivity (Wildman–Crippen MR) is 50.5 cm³/mol. The van der Waals surface area contributed by atoms with Crippen molar-refractivity contribution in [1.29, 1.82) is 0 Å². The molecular weight excluding hydrogens is 152 g/mol. The molecule has 0 aliphatic carbocycles. The molecular formula is C9H20N2O. The first kappa shape index (κ1) is 11.4. The molecule has 0 aromatic carbocycles. The van der Waals surface area contributed by atoms with Gasteiger partial charge in [-0.2, -0.15) is 0 Å². The highest BCUT2D eigenvalue weighted by Gasteiger charge is 2.18. The van der Waals surface area contributed by atoms with Crippen LogP contribution in [0.3, 0.4) is 0 Å². The van der Waals surface area contributed by atoms with Crippen LogP contribution in [0.4, 0.5) is 0 Å². The monoisotopic (exact) mass is 172 g/mol. The second kappa shape index (κ2) is 4.45. The van der Waals surface area contributed by atoms with Gasteiger partial charge >= 0.3 is 0 Å². The van der Waals surface area contributed by atoms with Gasteiger partial charge < -0.3 is 0 Å². The topological polar surface area (TPSA) is 23.6 Å². The van der Waals surface area contributed by atoms with Crippen molar-refractivity contribution in [1.82, 2.24) is 10.0 Å². The molecule has 0 aliphatic rings. The maximum Gasteiger partial charge on any atom is 0.239 e. The van der Waals surface area contributed by atoms with Gasteiger partial charge in [0.05, 0.1) is 0 Å². The predicted octanol–water partition coefficient (Wildman–Crippen LogP) is 1.36. The molecule has 0 unspecified atom stereocenters. The zero-order valence-corrected chi connectivity index (χ0v) is 8.96. The molecule has 0 rings (SSSR count). The van der Waals surface area contributed by atoms with Crippen molar-refractivity contribution in [2.24, 2.45) is 5.92 Å². The Morgan fingerprint density at radius 2 is 1.50 bits per heavy atom. The lowest BCUT2D eigenvalue weighted by Gasteiger charge is -2.32. The zero-order chi connectivity index (χ0) is 9.89. The first-order valence-electron chi connectivity index (χ1n) is 4.38. The molecule has 0 aliphatic heterocycles. The van der Waals surface area contributed by atoms with Gasteiger partial charge in [-0.3, -0.25) is 9.80 Å². The third-order valence-electron chi connectivity index (χ3n) is 2.03. The number of rotatable bonds is 3. The molecule has 0 atom stereocenters. The summed E-state index contributed by atoms with van der Waals surface area (Å²) in [6.45, 7) is 7.94. The minimum atomic E-state index is 0.0659. The van der Waals surface area contributed by atoms with Crippen molar-refractivity contribution >= 4 is 5.91 Å². The number of hydrogen-bond donors (Lipinski definition) is 0. The zero-order valence-electron chi connectivity index (χ0n) is 8.96. The second-order valence-electron chi connectivity index (χ2n) is 3.68. The first-order chi connectivity index (χ1) is 5.37. The molecule has 0 spiro atoms. The van der Waals surface area contributed by atoms with Crippen molar-refractivity contribution in [3.05, 3.63) is 0 Å². The summed E-state index contributed by atoms with van der Waals surface area (Å²) in [4.78, 5) is 11.5. The SMILES string of the molecule is CC(C)C(=O)N(C)N(C)C(C)C. The molecule has 1 amide bonds. The number of carbonyl (C=O) groups is 1. The van der Waals surface area contributed by atoms with E-state index < -0.39 is 0 Å². The van der Waals surface area contributed by atoms with E-state index in [4.69, 9.17) is 0 Å². The van der Waals surface area contributed by atoms with E-state index in [1.807, 2.05) is 33.0 Å². The van der Waals surface area contributed by atoms with Crippen LogP contribution in [0.1, 0.15) is 27.7 Å². The van der Waals surface area contributed by atoms with Gasteiger partial charge in [-0.1, -0.05) is 13.8 Å². The molecule has 0 aromatic heterocycles. The van der Waals surface area contributed by atoms with Crippen LogP contribution >= 0.6 is 0 Å². The summed E-state index contributed by atoms with van der Waals surface area (Å²) in [5, 5.41) is 3.61. The Bertz CT molecular complexity index is 155. The number of hydrogen-bond acceptors (Lipinski definition) is 2. The van der Waals surface area contributed by atoms with E-state index >= 15 is 0 Å². The Morgan fingerprint density at radius 1 is 1.08 bits per heavy atom. The maximum absolute atomic E-state index is 11.5. The van der Waals surface area contributed by atoms with Gasteiger partial charge in [-0.05, 0) is 13.8 Å². The quantitative estimate of drug-likeness (QED) is 0.600. The number of hydrazine groups is 1. The van der Waals surface area contributed by atoms with Gasteiger partial charge in [-0.15, -0.1) is 0 Å². The Labute approximate surface area is 75.3 Å². The average Bonchev–Trinajstić information content (AvgIpc) is 2.00. The molecule has 3 heteroatoms. The fourth-order valence-corrected chi connectivity index (χ4v) is 0.876. The Kier molecular flexibility index (Phi) is 4.24. The molecule has 0 fully saturated rings. The van der Waals surface area contributed by atoms with E-state index in [-0.39, 0.29) is 11.8 Å². The van der Waals surface area contributed by atoms with Gasteiger partial charge in [0.2, 0.25) is 5.91 Å². The first-order valence-corrected chi connectivity index (χ1v) is 4.38. The Balaban J connectivity index is 4.19. The summed E-state index contributed by atoms with van der Waals surface area (Å²) in [7, 11) is 3.73. The highest BCUT2D eigenvalue weighted by molar-refractivity contribution is 5.77. The lowest BCUT2D eigenvalue weighted by Crippen LogP contribution is -2.46. The summed E-state index contributed by atoms with van der Waals surface area (Å²) in [6, 6.07) is 0.359. The maximum atomic E-state index is 11.5. The molecule has 0 bridgehead atoms. The average molecular weight is 172 g/mol. The molecule has 12 heavy (non-hydrogen) atoms. The van der Waals surface area contributed by atoms with E-state index in [2.05, 4.69) is 13.8 Å². The standard InChI is InChI=1S/C9H20N2O/c1-7(2)9(12)11(6)10(5)8(3)4/h7-8H,1-6H3. The van der Waals surface area contributed by atoms with Crippen molar-refractivity contribution in [2.45, 2.75) is 33.7 Å². The smallest absolute Gasteiger partial charge is 0.239 e. The van der Waals surface area contributed by atoms with Crippen LogP contribution in [0.5, 0.6) is 0 Å². The Morgan fingerprint density at radius 3 is 1.75 bits per heavy atom. The molecule has 0 N–H and O–H groups in total. The fourth-order valence-electron chi connectivity index (χ4n) is 0.876. The van der Waals surface area contributed by atoms with Crippen LogP contribution in [0.15, 0.2) is 0 Å². The molecule has 3 nitrogen and oxygen atoms in total. The highest BCUT2D eigenvalue weighted by atomic mass is 16.2. The van der Waals surface area contributed by atoms with Crippen molar-refractivity contribution in [2.75, 3.05) is 14.1 Å². The van der Waals surface area contributed by atoms with Gasteiger partial charge in [0.15, 0.2) is 0 Å². The number of amides is 1. The van der Waals surface area contributed by atoms with Crippen LogP contribution in [-0.2, 0) is 4.79 Å². The van der Waals surface area contributed by atoms with Crippen LogP contribution in [0.2, 0.25) is 0 Å². The summed E-state index contributed by atoms with van der Waals surface area (Å²) < 4.78 is 0. The van der Waals surface area contributed by atoms with Crippen LogP contribution < -0.4 is 0 Å². The largest absolute Gasteiger partial charge is 0.278 e. The Hall–Kier alpha value is -0.570. The number of carbonyl (C=O) groups excluding carboxylic acids is 1. The molecule has 0 aromatic rings. The molecule has 0 heterocycles. The normalized spacial score (nSPS) is 11.4. The third kappa shape index (κ3) is 2.81. The molecule has 0 saturated carbocycles. The van der Waals surface area contributed by atoms with Crippen molar-refractivity contribution in [3.63, 3.8) is 0 Å². The van der Waals surface area contributed by atoms with Crippen molar-refractivity contribution in [3.8, 4) is 0 Å². The summed E-state index contributed by atoms with van der Waals surface area (Å²) in [6.07, 6.45) is 0. The van der Waals surface area contributed by atoms with E-state index in [1.54, 1.807) is 5.01 Å². The lowest BCUT2D eigenvalue weighted by atomic mass is 10.2. The van der Waals surface area contributed by atoms with E-state index in [9.17, 15) is 4.79 Å². The van der Waals surface area contributed by atoms with Crippen molar-refractivity contribution < 1.29 is 4.79 Å². The minimum Gasteiger partial charge on any atom is -0.278 e. The number of nitrogens with zero attached hydrogens (tertiary/aromatic N) is 2.